The molecule has 2 rings (SSSR count). The Labute approximate surface area is 101 Å². The van der Waals surface area contributed by atoms with Crippen LogP contribution < -0.4 is 0 Å². The van der Waals surface area contributed by atoms with Crippen LogP contribution in [0.2, 0.25) is 0 Å². The van der Waals surface area contributed by atoms with Crippen molar-refractivity contribution in [3.05, 3.63) is 35.9 Å². The predicted molar refractivity (Wildman–Crippen MR) is 62.6 cm³/mol. The summed E-state index contributed by atoms with van der Waals surface area (Å²) in [6.45, 7) is 0.284. The van der Waals surface area contributed by atoms with Crippen molar-refractivity contribution in [2.75, 3.05) is 19.2 Å². The number of nitrogens with zero attached hydrogens (tertiary/aromatic N) is 1. The largest absolute Gasteiger partial charge is 0.395 e. The molecule has 17 heavy (non-hydrogen) atoms. The molecule has 1 heterocycles. The van der Waals surface area contributed by atoms with E-state index in [9.17, 15) is 13.5 Å². The molecule has 1 aromatic rings. The first-order valence-electron chi connectivity index (χ1n) is 5.35. The second-order valence-corrected chi connectivity index (χ2v) is 5.84. The fourth-order valence-electron chi connectivity index (χ4n) is 1.80. The Hall–Kier alpha value is -0.950. The summed E-state index contributed by atoms with van der Waals surface area (Å²) in [7, 11) is -3.43. The summed E-state index contributed by atoms with van der Waals surface area (Å²) in [6.07, 6.45) is 0. The molecule has 0 spiro atoms. The first-order valence-corrected chi connectivity index (χ1v) is 6.96. The number of benzene rings is 1. The van der Waals surface area contributed by atoms with Crippen molar-refractivity contribution in [2.45, 2.75) is 12.6 Å². The summed E-state index contributed by atoms with van der Waals surface area (Å²) < 4.78 is 30.0. The molecule has 1 fully saturated rings. The maximum Gasteiger partial charge on any atom is 0.239 e. The quantitative estimate of drug-likeness (QED) is 0.838. The molecule has 1 aliphatic heterocycles. The van der Waals surface area contributed by atoms with Crippen LogP contribution in [0.15, 0.2) is 30.3 Å². The number of ether oxygens (including phenoxy) is 1. The Kier molecular flexibility index (Phi) is 3.78. The van der Waals surface area contributed by atoms with Crippen LogP contribution in [0.3, 0.4) is 0 Å². The Morgan fingerprint density at radius 3 is 2.71 bits per heavy atom. The van der Waals surface area contributed by atoms with Gasteiger partial charge >= 0.3 is 0 Å². The third-order valence-corrected chi connectivity index (χ3v) is 4.31. The van der Waals surface area contributed by atoms with Crippen LogP contribution in [0.4, 0.5) is 0 Å². The molecule has 0 radical (unpaired) electrons. The molecular formula is C11H15NO4S. The van der Waals surface area contributed by atoms with E-state index in [4.69, 9.17) is 4.74 Å². The molecule has 0 amide bonds. The molecule has 1 aromatic carbocycles. The molecule has 6 heteroatoms. The van der Waals surface area contributed by atoms with Gasteiger partial charge in [-0.05, 0) is 5.56 Å². The van der Waals surface area contributed by atoms with Crippen LogP contribution in [-0.4, -0.2) is 43.0 Å². The van der Waals surface area contributed by atoms with Gasteiger partial charge < -0.3 is 9.84 Å². The van der Waals surface area contributed by atoms with Gasteiger partial charge in [0, 0.05) is 6.54 Å². The van der Waals surface area contributed by atoms with E-state index >= 15 is 0 Å². The second kappa shape index (κ2) is 5.14. The summed E-state index contributed by atoms with van der Waals surface area (Å²) in [4.78, 5) is 0. The molecule has 94 valence electrons. The lowest BCUT2D eigenvalue weighted by Crippen LogP contribution is -2.50. The lowest BCUT2D eigenvalue weighted by Gasteiger charge is -2.33. The fraction of sp³-hybridized carbons (Fsp3) is 0.455. The van der Waals surface area contributed by atoms with E-state index in [1.54, 1.807) is 0 Å². The van der Waals surface area contributed by atoms with Crippen LogP contribution in [0.5, 0.6) is 0 Å². The zero-order chi connectivity index (χ0) is 12.3. The molecule has 0 bridgehead atoms. The molecular weight excluding hydrogens is 242 g/mol. The van der Waals surface area contributed by atoms with Gasteiger partial charge in [0.2, 0.25) is 10.0 Å². The molecule has 0 aliphatic carbocycles. The lowest BCUT2D eigenvalue weighted by atomic mass is 10.2. The van der Waals surface area contributed by atoms with E-state index in [0.29, 0.717) is 0 Å². The van der Waals surface area contributed by atoms with Gasteiger partial charge in [-0.15, -0.1) is 0 Å². The molecule has 0 aromatic heterocycles. The highest BCUT2D eigenvalue weighted by molar-refractivity contribution is 7.88. The van der Waals surface area contributed by atoms with Crippen molar-refractivity contribution in [3.63, 3.8) is 0 Å². The van der Waals surface area contributed by atoms with Crippen LogP contribution in [-0.2, 0) is 21.3 Å². The summed E-state index contributed by atoms with van der Waals surface area (Å²) in [5.41, 5.74) is 0.899. The maximum absolute atomic E-state index is 11.8. The third-order valence-electron chi connectivity index (χ3n) is 2.70. The van der Waals surface area contributed by atoms with Gasteiger partial charge in [-0.1, -0.05) is 30.3 Å². The first-order chi connectivity index (χ1) is 8.13. The minimum atomic E-state index is -3.43. The number of hydrogen-bond donors (Lipinski definition) is 1. The van der Waals surface area contributed by atoms with Crippen molar-refractivity contribution in [1.29, 1.82) is 0 Å². The number of rotatable bonds is 3. The third kappa shape index (κ3) is 2.84. The van der Waals surface area contributed by atoms with Crippen LogP contribution in [0, 0.1) is 0 Å². The SMILES string of the molecule is O=S1(=O)COCC(CO)N1Cc1ccccc1. The number of aliphatic hydroxyl groups is 1. The van der Waals surface area contributed by atoms with Crippen molar-refractivity contribution in [2.24, 2.45) is 0 Å². The van der Waals surface area contributed by atoms with Gasteiger partial charge in [0.05, 0.1) is 19.3 Å². The molecule has 0 saturated carbocycles. The van der Waals surface area contributed by atoms with E-state index in [1.165, 1.54) is 4.31 Å². The van der Waals surface area contributed by atoms with Crippen LogP contribution in [0.1, 0.15) is 5.56 Å². The monoisotopic (exact) mass is 257 g/mol. The minimum absolute atomic E-state index is 0.230. The average Bonchev–Trinajstić information content (AvgIpc) is 2.33. The highest BCUT2D eigenvalue weighted by Gasteiger charge is 2.34. The minimum Gasteiger partial charge on any atom is -0.395 e. The van der Waals surface area contributed by atoms with Crippen molar-refractivity contribution >= 4 is 10.0 Å². The van der Waals surface area contributed by atoms with E-state index in [2.05, 4.69) is 0 Å². The smallest absolute Gasteiger partial charge is 0.239 e. The molecule has 1 unspecified atom stereocenters. The standard InChI is InChI=1S/C11H15NO4S/c13-7-11-8-16-9-17(14,15)12(11)6-10-4-2-1-3-5-10/h1-5,11,13H,6-9H2. The average molecular weight is 257 g/mol. The maximum atomic E-state index is 11.8. The molecule has 1 aliphatic rings. The van der Waals surface area contributed by atoms with Crippen LogP contribution in [0.25, 0.3) is 0 Å². The Morgan fingerprint density at radius 2 is 2.06 bits per heavy atom. The zero-order valence-electron chi connectivity index (χ0n) is 9.32. The van der Waals surface area contributed by atoms with Gasteiger partial charge in [0.25, 0.3) is 0 Å². The van der Waals surface area contributed by atoms with E-state index < -0.39 is 16.1 Å². The topological polar surface area (TPSA) is 66.8 Å². The van der Waals surface area contributed by atoms with Gasteiger partial charge in [-0.25, -0.2) is 8.42 Å². The molecule has 1 saturated heterocycles. The zero-order valence-corrected chi connectivity index (χ0v) is 10.1. The fourth-order valence-corrected chi connectivity index (χ4v) is 3.17. The first kappa shape index (κ1) is 12.5. The lowest BCUT2D eigenvalue weighted by molar-refractivity contribution is 0.0550. The molecule has 1 N–H and O–H groups in total. The normalized spacial score (nSPS) is 24.6. The Balaban J connectivity index is 2.21. The summed E-state index contributed by atoms with van der Waals surface area (Å²) in [5, 5.41) is 9.19. The predicted octanol–water partition coefficient (Wildman–Crippen LogP) is 0.167. The summed E-state index contributed by atoms with van der Waals surface area (Å²) in [6, 6.07) is 8.82. The van der Waals surface area contributed by atoms with E-state index in [-0.39, 0.29) is 25.7 Å². The van der Waals surface area contributed by atoms with Gasteiger partial charge in [0.1, 0.15) is 0 Å². The van der Waals surface area contributed by atoms with Gasteiger partial charge in [-0.2, -0.15) is 4.31 Å². The van der Waals surface area contributed by atoms with Crippen molar-refractivity contribution in [3.8, 4) is 0 Å². The van der Waals surface area contributed by atoms with Gasteiger partial charge in [0.15, 0.2) is 5.94 Å². The van der Waals surface area contributed by atoms with Crippen molar-refractivity contribution in [1.82, 2.24) is 4.31 Å². The van der Waals surface area contributed by atoms with E-state index in [0.717, 1.165) is 5.56 Å². The Bertz CT molecular complexity index is 460. The molecule has 5 nitrogen and oxygen atoms in total. The van der Waals surface area contributed by atoms with Crippen LogP contribution >= 0.6 is 0 Å². The highest BCUT2D eigenvalue weighted by Crippen LogP contribution is 2.18. The van der Waals surface area contributed by atoms with Gasteiger partial charge in [-0.3, -0.25) is 0 Å². The van der Waals surface area contributed by atoms with Crippen molar-refractivity contribution < 1.29 is 18.3 Å². The number of aliphatic hydroxyl groups excluding tert-OH is 1. The number of sulfonamides is 1. The number of hydrogen-bond acceptors (Lipinski definition) is 4. The Morgan fingerprint density at radius 1 is 1.35 bits per heavy atom. The summed E-state index contributed by atoms with van der Waals surface area (Å²) >= 11 is 0. The second-order valence-electron chi connectivity index (χ2n) is 3.97. The summed E-state index contributed by atoms with van der Waals surface area (Å²) in [5.74, 6) is -0.309. The van der Waals surface area contributed by atoms with E-state index in [1.807, 2.05) is 30.3 Å². The highest BCUT2D eigenvalue weighted by atomic mass is 32.2. The molecule has 1 atom stereocenters.